The number of rotatable bonds is 2. The third kappa shape index (κ3) is 1.55. The van der Waals surface area contributed by atoms with Crippen LogP contribution in [0.15, 0.2) is 12.3 Å². The maximum Gasteiger partial charge on any atom is 0.168 e. The lowest BCUT2D eigenvalue weighted by Gasteiger charge is -2.39. The Morgan fingerprint density at radius 2 is 2.21 bits per heavy atom. The molecule has 1 fully saturated rings. The van der Waals surface area contributed by atoms with Crippen molar-refractivity contribution >= 4 is 5.82 Å². The predicted molar refractivity (Wildman–Crippen MR) is 48.9 cm³/mol. The van der Waals surface area contributed by atoms with Gasteiger partial charge in [-0.25, -0.2) is 13.8 Å². The molecule has 1 aliphatic heterocycles. The van der Waals surface area contributed by atoms with Gasteiger partial charge in [-0.3, -0.25) is 0 Å². The average molecular weight is 199 g/mol. The normalized spacial score (nSPS) is 16.9. The van der Waals surface area contributed by atoms with Crippen LogP contribution in [-0.2, 0) is 0 Å². The monoisotopic (exact) mass is 199 g/mol. The van der Waals surface area contributed by atoms with Crippen LogP contribution in [0.5, 0.6) is 0 Å². The van der Waals surface area contributed by atoms with Gasteiger partial charge in [0.25, 0.3) is 0 Å². The zero-order valence-electron chi connectivity index (χ0n) is 7.58. The van der Waals surface area contributed by atoms with E-state index < -0.39 is 11.6 Å². The fourth-order valence-electron chi connectivity index (χ4n) is 1.53. The molecular formula is C9H11F2N3. The highest BCUT2D eigenvalue weighted by atomic mass is 19.1. The van der Waals surface area contributed by atoms with Crippen LogP contribution in [-0.4, -0.2) is 24.6 Å². The first-order valence-electron chi connectivity index (χ1n) is 4.46. The fourth-order valence-corrected chi connectivity index (χ4v) is 1.53. The third-order valence-electron chi connectivity index (χ3n) is 2.38. The summed E-state index contributed by atoms with van der Waals surface area (Å²) in [6.45, 7) is 2.00. The summed E-state index contributed by atoms with van der Waals surface area (Å²) in [4.78, 5) is 5.46. The van der Waals surface area contributed by atoms with Crippen LogP contribution in [0, 0.1) is 17.6 Å². The second-order valence-corrected chi connectivity index (χ2v) is 3.47. The minimum Gasteiger partial charge on any atom is -0.353 e. The smallest absolute Gasteiger partial charge is 0.168 e. The molecule has 0 unspecified atom stereocenters. The molecule has 3 nitrogen and oxygen atoms in total. The van der Waals surface area contributed by atoms with Gasteiger partial charge in [-0.05, 0) is 6.54 Å². The van der Waals surface area contributed by atoms with Crippen LogP contribution in [0.2, 0.25) is 0 Å². The molecule has 1 aromatic rings. The van der Waals surface area contributed by atoms with Crippen molar-refractivity contribution in [3.05, 3.63) is 23.9 Å². The van der Waals surface area contributed by atoms with E-state index in [4.69, 9.17) is 5.73 Å². The molecule has 0 atom stereocenters. The number of anilines is 1. The Hall–Kier alpha value is -1.23. The molecule has 0 saturated carbocycles. The van der Waals surface area contributed by atoms with Gasteiger partial charge in [-0.1, -0.05) is 0 Å². The van der Waals surface area contributed by atoms with Crippen molar-refractivity contribution in [2.75, 3.05) is 24.5 Å². The van der Waals surface area contributed by atoms with E-state index in [9.17, 15) is 8.78 Å². The van der Waals surface area contributed by atoms with E-state index in [1.54, 1.807) is 4.90 Å². The predicted octanol–water partition coefficient (Wildman–Crippen LogP) is 0.755. The Balaban J connectivity index is 2.11. The van der Waals surface area contributed by atoms with Crippen molar-refractivity contribution < 1.29 is 8.78 Å². The lowest BCUT2D eigenvalue weighted by atomic mass is 10.0. The van der Waals surface area contributed by atoms with Crippen LogP contribution in [0.3, 0.4) is 0 Å². The van der Waals surface area contributed by atoms with E-state index in [2.05, 4.69) is 4.98 Å². The second-order valence-electron chi connectivity index (χ2n) is 3.47. The quantitative estimate of drug-likeness (QED) is 0.764. The van der Waals surface area contributed by atoms with Gasteiger partial charge in [0.05, 0.1) is 6.20 Å². The zero-order valence-corrected chi connectivity index (χ0v) is 7.58. The van der Waals surface area contributed by atoms with E-state index in [1.165, 1.54) is 0 Å². The highest BCUT2D eigenvalue weighted by Crippen LogP contribution is 2.24. The molecule has 0 spiro atoms. The Morgan fingerprint density at radius 3 is 2.79 bits per heavy atom. The van der Waals surface area contributed by atoms with E-state index >= 15 is 0 Å². The van der Waals surface area contributed by atoms with Crippen LogP contribution in [0.1, 0.15) is 0 Å². The van der Waals surface area contributed by atoms with Crippen molar-refractivity contribution in [2.24, 2.45) is 11.7 Å². The van der Waals surface area contributed by atoms with Gasteiger partial charge in [0, 0.05) is 25.1 Å². The molecule has 2 heterocycles. The summed E-state index contributed by atoms with van der Waals surface area (Å²) in [7, 11) is 0. The van der Waals surface area contributed by atoms with Gasteiger partial charge in [0.15, 0.2) is 11.6 Å². The lowest BCUT2D eigenvalue weighted by molar-refractivity contribution is 0.409. The lowest BCUT2D eigenvalue weighted by Crippen LogP contribution is -2.50. The van der Waals surface area contributed by atoms with Gasteiger partial charge >= 0.3 is 0 Å². The number of aromatic nitrogens is 1. The standard InChI is InChI=1S/C9H11F2N3/c10-7-1-8(11)9(13-3-7)14-4-6(2-12)5-14/h1,3,6H,2,4-5,12H2. The summed E-state index contributed by atoms with van der Waals surface area (Å²) in [5.74, 6) is -0.639. The Labute approximate surface area is 80.5 Å². The molecule has 0 amide bonds. The van der Waals surface area contributed by atoms with Crippen molar-refractivity contribution in [1.29, 1.82) is 0 Å². The zero-order chi connectivity index (χ0) is 10.1. The van der Waals surface area contributed by atoms with Crippen LogP contribution in [0.25, 0.3) is 0 Å². The molecule has 0 radical (unpaired) electrons. The van der Waals surface area contributed by atoms with Gasteiger partial charge in [-0.2, -0.15) is 0 Å². The molecule has 0 aliphatic carbocycles. The maximum atomic E-state index is 13.2. The summed E-state index contributed by atoms with van der Waals surface area (Å²) < 4.78 is 25.7. The Kier molecular flexibility index (Phi) is 2.33. The molecule has 0 bridgehead atoms. The van der Waals surface area contributed by atoms with Crippen LogP contribution in [0.4, 0.5) is 14.6 Å². The first kappa shape index (κ1) is 9.33. The molecule has 2 N–H and O–H groups in total. The molecule has 1 aromatic heterocycles. The van der Waals surface area contributed by atoms with E-state index in [1.807, 2.05) is 0 Å². The van der Waals surface area contributed by atoms with Crippen molar-refractivity contribution in [3.63, 3.8) is 0 Å². The number of pyridine rings is 1. The van der Waals surface area contributed by atoms with Gasteiger partial charge in [-0.15, -0.1) is 0 Å². The first-order chi connectivity index (χ1) is 6.70. The summed E-state index contributed by atoms with van der Waals surface area (Å²) in [5.41, 5.74) is 5.44. The van der Waals surface area contributed by atoms with Gasteiger partial charge in [0.2, 0.25) is 0 Å². The summed E-state index contributed by atoms with van der Waals surface area (Å²) in [6, 6.07) is 0.845. The number of halogens is 2. The fraction of sp³-hybridized carbons (Fsp3) is 0.444. The minimum atomic E-state index is -0.651. The molecule has 14 heavy (non-hydrogen) atoms. The molecular weight excluding hydrogens is 188 g/mol. The average Bonchev–Trinajstić information content (AvgIpc) is 2.06. The number of nitrogens with two attached hydrogens (primary N) is 1. The van der Waals surface area contributed by atoms with Gasteiger partial charge in [0.1, 0.15) is 5.82 Å². The van der Waals surface area contributed by atoms with Crippen molar-refractivity contribution in [2.45, 2.75) is 0 Å². The SMILES string of the molecule is NCC1CN(c2ncc(F)cc2F)C1. The number of nitrogens with zero attached hydrogens (tertiary/aromatic N) is 2. The molecule has 5 heteroatoms. The summed E-state index contributed by atoms with van der Waals surface area (Å²) in [5, 5.41) is 0. The highest BCUT2D eigenvalue weighted by Gasteiger charge is 2.28. The number of hydrogen-bond acceptors (Lipinski definition) is 3. The van der Waals surface area contributed by atoms with Crippen LogP contribution >= 0.6 is 0 Å². The Bertz CT molecular complexity index is 337. The van der Waals surface area contributed by atoms with E-state index in [-0.39, 0.29) is 5.82 Å². The van der Waals surface area contributed by atoms with Crippen molar-refractivity contribution in [1.82, 2.24) is 4.98 Å². The molecule has 1 saturated heterocycles. The van der Waals surface area contributed by atoms with Gasteiger partial charge < -0.3 is 10.6 Å². The summed E-state index contributed by atoms with van der Waals surface area (Å²) >= 11 is 0. The molecule has 2 rings (SSSR count). The molecule has 0 aromatic carbocycles. The van der Waals surface area contributed by atoms with Crippen LogP contribution < -0.4 is 10.6 Å². The highest BCUT2D eigenvalue weighted by molar-refractivity contribution is 5.42. The topological polar surface area (TPSA) is 42.1 Å². The summed E-state index contributed by atoms with van der Waals surface area (Å²) in [6.07, 6.45) is 1.02. The first-order valence-corrected chi connectivity index (χ1v) is 4.46. The third-order valence-corrected chi connectivity index (χ3v) is 2.38. The molecule has 76 valence electrons. The van der Waals surface area contributed by atoms with E-state index in [0.29, 0.717) is 25.6 Å². The largest absolute Gasteiger partial charge is 0.353 e. The number of hydrogen-bond donors (Lipinski definition) is 1. The Morgan fingerprint density at radius 1 is 1.50 bits per heavy atom. The maximum absolute atomic E-state index is 13.2. The van der Waals surface area contributed by atoms with E-state index in [0.717, 1.165) is 12.3 Å². The second kappa shape index (κ2) is 3.49. The van der Waals surface area contributed by atoms with Crippen molar-refractivity contribution in [3.8, 4) is 0 Å². The minimum absolute atomic E-state index is 0.219. The molecule has 1 aliphatic rings.